The number of carbonyl (C=O) groups is 2. The summed E-state index contributed by atoms with van der Waals surface area (Å²) in [4.78, 5) is 33.3. The summed E-state index contributed by atoms with van der Waals surface area (Å²) in [5.41, 5.74) is 3.06. The number of benzene rings is 2. The maximum absolute atomic E-state index is 13.7. The molecule has 166 valence electrons. The summed E-state index contributed by atoms with van der Waals surface area (Å²) < 4.78 is 0. The van der Waals surface area contributed by atoms with Crippen LogP contribution in [0.25, 0.3) is 5.57 Å². The van der Waals surface area contributed by atoms with E-state index in [1.54, 1.807) is 17.0 Å². The van der Waals surface area contributed by atoms with E-state index in [1.807, 2.05) is 30.3 Å². The van der Waals surface area contributed by atoms with Crippen LogP contribution in [0.5, 0.6) is 0 Å². The van der Waals surface area contributed by atoms with Crippen molar-refractivity contribution in [1.29, 1.82) is 0 Å². The van der Waals surface area contributed by atoms with Gasteiger partial charge in [-0.3, -0.25) is 14.5 Å². The number of halogens is 1. The number of rotatable bonds is 4. The molecule has 0 unspecified atom stereocenters. The predicted octanol–water partition coefficient (Wildman–Crippen LogP) is 4.57. The van der Waals surface area contributed by atoms with Gasteiger partial charge < -0.3 is 9.80 Å². The molecule has 0 atom stereocenters. The van der Waals surface area contributed by atoms with E-state index in [0.29, 0.717) is 29.4 Å². The molecule has 2 fully saturated rings. The lowest BCUT2D eigenvalue weighted by molar-refractivity contribution is -0.141. The number of para-hydroxylation sites is 1. The molecule has 6 heteroatoms. The van der Waals surface area contributed by atoms with Crippen LogP contribution >= 0.6 is 11.6 Å². The highest BCUT2D eigenvalue weighted by molar-refractivity contribution is 6.36. The second kappa shape index (κ2) is 8.99. The monoisotopic (exact) mass is 449 g/mol. The molecular formula is C26H28ClN3O2. The number of carbonyl (C=O) groups excluding carboxylic acids is 2. The van der Waals surface area contributed by atoms with E-state index in [2.05, 4.69) is 21.9 Å². The highest BCUT2D eigenvalue weighted by atomic mass is 35.5. The molecular weight excluding hydrogens is 422 g/mol. The minimum Gasteiger partial charge on any atom is -0.368 e. The Kier molecular flexibility index (Phi) is 5.92. The number of imide groups is 1. The normalized spacial score (nSPS) is 20.5. The van der Waals surface area contributed by atoms with E-state index in [0.717, 1.165) is 44.3 Å². The number of hydrogen-bond acceptors (Lipinski definition) is 4. The van der Waals surface area contributed by atoms with Crippen LogP contribution in [-0.4, -0.2) is 53.8 Å². The molecule has 1 saturated carbocycles. The fourth-order valence-corrected chi connectivity index (χ4v) is 5.33. The molecule has 2 amide bonds. The zero-order valence-corrected chi connectivity index (χ0v) is 18.9. The van der Waals surface area contributed by atoms with Crippen LogP contribution in [0.2, 0.25) is 5.02 Å². The molecule has 3 aliphatic rings. The van der Waals surface area contributed by atoms with Gasteiger partial charge in [-0.05, 0) is 42.7 Å². The van der Waals surface area contributed by atoms with Crippen molar-refractivity contribution in [3.8, 4) is 0 Å². The first-order valence-corrected chi connectivity index (χ1v) is 11.9. The average Bonchev–Trinajstić information content (AvgIpc) is 3.10. The molecule has 2 aromatic rings. The lowest BCUT2D eigenvalue weighted by Crippen LogP contribution is -2.48. The SMILES string of the molecule is O=C1C(c2ccc(Cl)cc2)=C(N2CCN(c3ccccc3)CC2)C(=O)N1C1CCCCC1. The van der Waals surface area contributed by atoms with Crippen LogP contribution in [0.4, 0.5) is 5.69 Å². The van der Waals surface area contributed by atoms with Crippen molar-refractivity contribution >= 4 is 34.7 Å². The van der Waals surface area contributed by atoms with Gasteiger partial charge in [-0.1, -0.05) is 61.2 Å². The van der Waals surface area contributed by atoms with Gasteiger partial charge in [-0.15, -0.1) is 0 Å². The van der Waals surface area contributed by atoms with E-state index >= 15 is 0 Å². The van der Waals surface area contributed by atoms with E-state index in [9.17, 15) is 9.59 Å². The third-order valence-corrected chi connectivity index (χ3v) is 7.13. The molecule has 0 N–H and O–H groups in total. The molecule has 5 rings (SSSR count). The smallest absolute Gasteiger partial charge is 0.278 e. The number of hydrogen-bond donors (Lipinski definition) is 0. The van der Waals surface area contributed by atoms with Crippen molar-refractivity contribution in [3.05, 3.63) is 70.9 Å². The third-order valence-electron chi connectivity index (χ3n) is 6.88. The second-order valence-electron chi connectivity index (χ2n) is 8.81. The molecule has 2 aromatic carbocycles. The van der Waals surface area contributed by atoms with E-state index < -0.39 is 0 Å². The molecule has 5 nitrogen and oxygen atoms in total. The fourth-order valence-electron chi connectivity index (χ4n) is 5.20. The van der Waals surface area contributed by atoms with Crippen LogP contribution in [0.15, 0.2) is 60.3 Å². The first kappa shape index (κ1) is 21.1. The van der Waals surface area contributed by atoms with Crippen molar-refractivity contribution < 1.29 is 9.59 Å². The van der Waals surface area contributed by atoms with Gasteiger partial charge in [0.1, 0.15) is 5.70 Å². The van der Waals surface area contributed by atoms with Crippen molar-refractivity contribution in [2.45, 2.75) is 38.1 Å². The van der Waals surface area contributed by atoms with Crippen LogP contribution in [0.3, 0.4) is 0 Å². The Morgan fingerprint density at radius 2 is 1.34 bits per heavy atom. The molecule has 1 aliphatic carbocycles. The molecule has 0 radical (unpaired) electrons. The summed E-state index contributed by atoms with van der Waals surface area (Å²) in [6.45, 7) is 3.04. The summed E-state index contributed by atoms with van der Waals surface area (Å²) in [5.74, 6) is -0.273. The second-order valence-corrected chi connectivity index (χ2v) is 9.25. The van der Waals surface area contributed by atoms with Gasteiger partial charge in [0.05, 0.1) is 5.57 Å². The summed E-state index contributed by atoms with van der Waals surface area (Å²) in [5, 5.41) is 0.619. The number of amides is 2. The summed E-state index contributed by atoms with van der Waals surface area (Å²) >= 11 is 6.10. The zero-order chi connectivity index (χ0) is 22.1. The summed E-state index contributed by atoms with van der Waals surface area (Å²) in [7, 11) is 0. The highest BCUT2D eigenvalue weighted by Crippen LogP contribution is 2.37. The van der Waals surface area contributed by atoms with Crippen molar-refractivity contribution in [2.75, 3.05) is 31.1 Å². The van der Waals surface area contributed by atoms with Crippen LogP contribution < -0.4 is 4.90 Å². The molecule has 2 heterocycles. The Bertz CT molecular complexity index is 1020. The Labute approximate surface area is 194 Å². The average molecular weight is 450 g/mol. The van der Waals surface area contributed by atoms with Crippen molar-refractivity contribution in [1.82, 2.24) is 9.80 Å². The van der Waals surface area contributed by atoms with Crippen LogP contribution in [0, 0.1) is 0 Å². The van der Waals surface area contributed by atoms with E-state index in [-0.39, 0.29) is 17.9 Å². The Morgan fingerprint density at radius 3 is 2.00 bits per heavy atom. The van der Waals surface area contributed by atoms with Crippen molar-refractivity contribution in [3.63, 3.8) is 0 Å². The predicted molar refractivity (Wildman–Crippen MR) is 127 cm³/mol. The Morgan fingerprint density at radius 1 is 0.719 bits per heavy atom. The highest BCUT2D eigenvalue weighted by Gasteiger charge is 2.45. The zero-order valence-electron chi connectivity index (χ0n) is 18.2. The molecule has 32 heavy (non-hydrogen) atoms. The number of anilines is 1. The molecule has 0 aromatic heterocycles. The third kappa shape index (κ3) is 3.90. The lowest BCUT2D eigenvalue weighted by Gasteiger charge is -2.38. The maximum atomic E-state index is 13.7. The van der Waals surface area contributed by atoms with Gasteiger partial charge in [0, 0.05) is 42.9 Å². The standard InChI is InChI=1S/C26H28ClN3O2/c27-20-13-11-19(12-14-20)23-24(26(32)30(25(23)31)22-9-5-2-6-10-22)29-17-15-28(16-18-29)21-7-3-1-4-8-21/h1,3-4,7-8,11-14,22H,2,5-6,9-10,15-18H2. The van der Waals surface area contributed by atoms with Gasteiger partial charge in [0.2, 0.25) is 0 Å². The first-order valence-electron chi connectivity index (χ1n) is 11.6. The molecule has 0 bridgehead atoms. The number of nitrogens with zero attached hydrogens (tertiary/aromatic N) is 3. The lowest BCUT2D eigenvalue weighted by atomic mass is 9.94. The maximum Gasteiger partial charge on any atom is 0.278 e. The molecule has 0 spiro atoms. The largest absolute Gasteiger partial charge is 0.368 e. The van der Waals surface area contributed by atoms with Gasteiger partial charge in [-0.2, -0.15) is 0 Å². The number of piperazine rings is 1. The van der Waals surface area contributed by atoms with Gasteiger partial charge in [0.15, 0.2) is 0 Å². The van der Waals surface area contributed by atoms with Crippen LogP contribution in [0.1, 0.15) is 37.7 Å². The first-order chi connectivity index (χ1) is 15.6. The summed E-state index contributed by atoms with van der Waals surface area (Å²) in [6.07, 6.45) is 5.13. The molecule has 2 aliphatic heterocycles. The van der Waals surface area contributed by atoms with Gasteiger partial charge >= 0.3 is 0 Å². The minimum atomic E-state index is -0.148. The quantitative estimate of drug-likeness (QED) is 0.641. The van der Waals surface area contributed by atoms with Gasteiger partial charge in [0.25, 0.3) is 11.8 Å². The fraction of sp³-hybridized carbons (Fsp3) is 0.385. The Hall–Kier alpha value is -2.79. The topological polar surface area (TPSA) is 43.9 Å². The summed E-state index contributed by atoms with van der Waals surface area (Å²) in [6, 6.07) is 17.6. The Balaban J connectivity index is 1.45. The minimum absolute atomic E-state index is 0.00848. The van der Waals surface area contributed by atoms with E-state index in [1.165, 1.54) is 12.1 Å². The van der Waals surface area contributed by atoms with Crippen molar-refractivity contribution in [2.24, 2.45) is 0 Å². The molecule has 1 saturated heterocycles. The van der Waals surface area contributed by atoms with Gasteiger partial charge in [-0.25, -0.2) is 0 Å². The van der Waals surface area contributed by atoms with Crippen LogP contribution in [-0.2, 0) is 9.59 Å². The van der Waals surface area contributed by atoms with E-state index in [4.69, 9.17) is 11.6 Å².